The Morgan fingerprint density at radius 2 is 1.64 bits per heavy atom. The van der Waals surface area contributed by atoms with Gasteiger partial charge in [-0.3, -0.25) is 28.8 Å². The van der Waals surface area contributed by atoms with Gasteiger partial charge in [0.1, 0.15) is 39.5 Å². The number of primary amides is 1. The fraction of sp³-hybridized carbons (Fsp3) is 0.586. The topological polar surface area (TPSA) is 206 Å². The van der Waals surface area contributed by atoms with Gasteiger partial charge in [-0.25, -0.2) is 9.97 Å². The van der Waals surface area contributed by atoms with E-state index >= 15 is 0 Å². The number of thiazole rings is 2. The van der Waals surface area contributed by atoms with Crippen molar-refractivity contribution in [3.05, 3.63) is 32.2 Å². The summed E-state index contributed by atoms with van der Waals surface area (Å²) in [5, 5.41) is 15.2. The van der Waals surface area contributed by atoms with Crippen LogP contribution in [0.4, 0.5) is 0 Å². The zero-order valence-electron chi connectivity index (χ0n) is 25.8. The molecule has 0 unspecified atom stereocenters. The van der Waals surface area contributed by atoms with E-state index in [9.17, 15) is 28.8 Å². The van der Waals surface area contributed by atoms with E-state index in [0.717, 1.165) is 11.3 Å². The van der Waals surface area contributed by atoms with Crippen molar-refractivity contribution in [3.63, 3.8) is 0 Å². The molecule has 0 aliphatic carbocycles. The first-order chi connectivity index (χ1) is 21.3. The molecule has 2 aliphatic rings. The highest BCUT2D eigenvalue weighted by Gasteiger charge is 2.39. The third kappa shape index (κ3) is 8.63. The molecular weight excluding hydrogens is 621 g/mol. The van der Waals surface area contributed by atoms with Gasteiger partial charge >= 0.3 is 0 Å². The molecule has 1 fully saturated rings. The van der Waals surface area contributed by atoms with Crippen molar-refractivity contribution >= 4 is 58.1 Å². The van der Waals surface area contributed by atoms with Gasteiger partial charge in [0.2, 0.25) is 23.6 Å². The van der Waals surface area contributed by atoms with Gasteiger partial charge in [0.15, 0.2) is 0 Å². The second-order valence-electron chi connectivity index (χ2n) is 12.0. The molecule has 45 heavy (non-hydrogen) atoms. The Balaban J connectivity index is 1.69. The normalized spacial score (nSPS) is 23.6. The average Bonchev–Trinajstić information content (AvgIpc) is 3.76. The molecule has 2 aromatic heterocycles. The van der Waals surface area contributed by atoms with E-state index in [-0.39, 0.29) is 54.4 Å². The highest BCUT2D eigenvalue weighted by Crippen LogP contribution is 2.25. The van der Waals surface area contributed by atoms with Crippen molar-refractivity contribution in [2.75, 3.05) is 6.54 Å². The average molecular weight is 661 g/mol. The maximum atomic E-state index is 13.8. The molecule has 4 rings (SSSR count). The zero-order chi connectivity index (χ0) is 32.8. The molecule has 2 aliphatic heterocycles. The lowest BCUT2D eigenvalue weighted by molar-refractivity contribution is -0.142. The van der Waals surface area contributed by atoms with Crippen molar-refractivity contribution in [3.8, 4) is 0 Å². The van der Waals surface area contributed by atoms with Gasteiger partial charge in [-0.2, -0.15) is 0 Å². The van der Waals surface area contributed by atoms with E-state index in [2.05, 4.69) is 31.2 Å². The number of carbonyl (C=O) groups excluding carboxylic acids is 6. The minimum absolute atomic E-state index is 0.0351. The van der Waals surface area contributed by atoms with Crippen molar-refractivity contribution in [1.29, 1.82) is 0 Å². The number of aromatic nitrogens is 2. The second kappa shape index (κ2) is 14.9. The van der Waals surface area contributed by atoms with Crippen molar-refractivity contribution in [2.24, 2.45) is 17.6 Å². The van der Waals surface area contributed by atoms with Crippen LogP contribution in [0, 0.1) is 11.8 Å². The van der Waals surface area contributed by atoms with E-state index in [1.165, 1.54) is 21.6 Å². The number of carbonyl (C=O) groups is 6. The number of nitrogens with zero attached hydrogens (tertiary/aromatic N) is 3. The molecule has 6 amide bonds. The Morgan fingerprint density at radius 3 is 2.33 bits per heavy atom. The summed E-state index contributed by atoms with van der Waals surface area (Å²) in [4.78, 5) is 88.9. The first-order valence-electron chi connectivity index (χ1n) is 15.0. The molecule has 1 saturated heterocycles. The molecule has 2 aromatic rings. The van der Waals surface area contributed by atoms with Gasteiger partial charge in [0.05, 0.1) is 12.6 Å². The largest absolute Gasteiger partial charge is 0.370 e. The predicted molar refractivity (Wildman–Crippen MR) is 167 cm³/mol. The van der Waals surface area contributed by atoms with Gasteiger partial charge in [0, 0.05) is 23.7 Å². The Kier molecular flexibility index (Phi) is 11.3. The molecule has 0 spiro atoms. The van der Waals surface area contributed by atoms with Gasteiger partial charge in [-0.15, -0.1) is 22.7 Å². The van der Waals surface area contributed by atoms with Crippen LogP contribution in [0.2, 0.25) is 0 Å². The minimum Gasteiger partial charge on any atom is -0.370 e. The van der Waals surface area contributed by atoms with Crippen LogP contribution >= 0.6 is 22.7 Å². The molecule has 6 N–H and O–H groups in total. The minimum atomic E-state index is -0.985. The van der Waals surface area contributed by atoms with Crippen LogP contribution in [-0.2, 0) is 25.7 Å². The summed E-state index contributed by atoms with van der Waals surface area (Å²) in [5.41, 5.74) is 5.52. The number of amides is 6. The molecule has 14 nitrogen and oxygen atoms in total. The fourth-order valence-electron chi connectivity index (χ4n) is 5.31. The van der Waals surface area contributed by atoms with Crippen LogP contribution in [0.1, 0.15) is 96.8 Å². The van der Waals surface area contributed by atoms with Gasteiger partial charge < -0.3 is 31.9 Å². The van der Waals surface area contributed by atoms with E-state index in [4.69, 9.17) is 5.73 Å². The fourth-order valence-corrected chi connectivity index (χ4v) is 6.91. The number of nitrogens with one attached hydrogen (secondary N) is 4. The number of fused-ring (bicyclic) bond motifs is 5. The van der Waals surface area contributed by atoms with Crippen LogP contribution in [0.15, 0.2) is 10.8 Å². The maximum Gasteiger partial charge on any atom is 0.271 e. The highest BCUT2D eigenvalue weighted by atomic mass is 32.1. The van der Waals surface area contributed by atoms with E-state index < -0.39 is 47.8 Å². The SMILES string of the molecule is CC(C)C[C@@H]1NC(=O)[C@@H](C(C)C)NC(=O)c2csc(n2)[C@@H](CCC(N)=O)NC(=O)c2csc(n2)CNC(=O)[C@H]2CCCN2C1=O. The number of hydrogen-bond donors (Lipinski definition) is 5. The Bertz CT molecular complexity index is 1440. The lowest BCUT2D eigenvalue weighted by Gasteiger charge is -2.31. The molecule has 4 atom stereocenters. The Morgan fingerprint density at radius 1 is 0.956 bits per heavy atom. The van der Waals surface area contributed by atoms with Crippen molar-refractivity contribution in [2.45, 2.75) is 90.5 Å². The molecule has 4 bridgehead atoms. The first-order valence-corrected chi connectivity index (χ1v) is 16.8. The van der Waals surface area contributed by atoms with Crippen LogP contribution in [0.25, 0.3) is 0 Å². The molecule has 0 aromatic carbocycles. The maximum absolute atomic E-state index is 13.8. The molecule has 4 heterocycles. The summed E-state index contributed by atoms with van der Waals surface area (Å²) in [6.45, 7) is 7.86. The summed E-state index contributed by atoms with van der Waals surface area (Å²) in [7, 11) is 0. The van der Waals surface area contributed by atoms with Crippen molar-refractivity contribution in [1.82, 2.24) is 36.1 Å². The van der Waals surface area contributed by atoms with E-state index in [1.807, 2.05) is 13.8 Å². The summed E-state index contributed by atoms with van der Waals surface area (Å²) in [5.74, 6) is -3.19. The van der Waals surface area contributed by atoms with Gasteiger partial charge in [0.25, 0.3) is 11.8 Å². The van der Waals surface area contributed by atoms with E-state index in [0.29, 0.717) is 35.8 Å². The summed E-state index contributed by atoms with van der Waals surface area (Å²) in [6.07, 6.45) is 1.55. The van der Waals surface area contributed by atoms with Crippen LogP contribution in [0.3, 0.4) is 0 Å². The van der Waals surface area contributed by atoms with E-state index in [1.54, 1.807) is 19.2 Å². The lowest BCUT2D eigenvalue weighted by atomic mass is 9.99. The predicted octanol–water partition coefficient (Wildman–Crippen LogP) is 1.24. The van der Waals surface area contributed by atoms with Crippen molar-refractivity contribution < 1.29 is 28.8 Å². The Hall–Kier alpha value is -3.92. The molecule has 244 valence electrons. The van der Waals surface area contributed by atoms with Crippen LogP contribution < -0.4 is 27.0 Å². The molecule has 0 saturated carbocycles. The lowest BCUT2D eigenvalue weighted by Crippen LogP contribution is -2.57. The third-order valence-corrected chi connectivity index (χ3v) is 9.44. The standard InChI is InChI=1S/C29H40N8O6S2/c1-14(2)10-17-29(43)37-9-5-6-20(37)26(41)31-11-22-32-18(12-44-22)24(39)33-16(7-8-21(30)38)28-35-19(13-45-28)25(40)36-23(15(3)4)27(42)34-17/h12-17,20,23H,5-11H2,1-4H3,(H2,30,38)(H,31,41)(H,33,39)(H,34,42)(H,36,40)/t16-,17+,20-,23-/m1/s1. The summed E-state index contributed by atoms with van der Waals surface area (Å²) in [6, 6.07) is -3.34. The van der Waals surface area contributed by atoms with Crippen LogP contribution in [0.5, 0.6) is 0 Å². The summed E-state index contributed by atoms with van der Waals surface area (Å²) >= 11 is 2.31. The zero-order valence-corrected chi connectivity index (χ0v) is 27.4. The number of nitrogens with two attached hydrogens (primary N) is 1. The van der Waals surface area contributed by atoms with Gasteiger partial charge in [-0.1, -0.05) is 27.7 Å². The number of rotatable bonds is 6. The molecular formula is C29H40N8O6S2. The summed E-state index contributed by atoms with van der Waals surface area (Å²) < 4.78 is 0. The van der Waals surface area contributed by atoms with Gasteiger partial charge in [-0.05, 0) is 37.5 Å². The molecule has 0 radical (unpaired) electrons. The first kappa shape index (κ1) is 34.0. The number of hydrogen-bond acceptors (Lipinski definition) is 10. The third-order valence-electron chi connectivity index (χ3n) is 7.63. The quantitative estimate of drug-likeness (QED) is 0.304. The smallest absolute Gasteiger partial charge is 0.271 e. The second-order valence-corrected chi connectivity index (χ2v) is 13.9. The van der Waals surface area contributed by atoms with Crippen LogP contribution in [-0.4, -0.2) is 75.0 Å². The monoisotopic (exact) mass is 660 g/mol. The highest BCUT2D eigenvalue weighted by molar-refractivity contribution is 7.10. The molecule has 16 heteroatoms. The Labute approximate surface area is 269 Å².